The first-order chi connectivity index (χ1) is 14.7. The molecule has 6 nitrogen and oxygen atoms in total. The van der Waals surface area contributed by atoms with Gasteiger partial charge < -0.3 is 14.2 Å². The maximum atomic E-state index is 13.2. The van der Waals surface area contributed by atoms with Crippen molar-refractivity contribution in [1.29, 1.82) is 0 Å². The standard InChI is InChI=1S/C24H16N2O4/c27-23-22(25-30-24(28)21-13-6-14-29-21)19-11-3-4-12-20(19)26(23)15-17-9-5-8-16-7-1-2-10-18(16)17/h1-14H,15H2. The number of anilines is 1. The molecule has 2 heterocycles. The van der Waals surface area contributed by atoms with Gasteiger partial charge in [0, 0.05) is 5.56 Å². The number of hydrogen-bond donors (Lipinski definition) is 0. The second kappa shape index (κ2) is 7.33. The molecule has 1 aliphatic heterocycles. The number of hydrogen-bond acceptors (Lipinski definition) is 5. The van der Waals surface area contributed by atoms with Gasteiger partial charge in [0.2, 0.25) is 5.76 Å². The molecule has 5 rings (SSSR count). The number of oxime groups is 1. The van der Waals surface area contributed by atoms with Crippen LogP contribution >= 0.6 is 0 Å². The summed E-state index contributed by atoms with van der Waals surface area (Å²) >= 11 is 0. The number of furan rings is 1. The average Bonchev–Trinajstić information content (AvgIpc) is 3.40. The second-order valence-corrected chi connectivity index (χ2v) is 6.84. The molecule has 1 aromatic heterocycles. The molecule has 0 N–H and O–H groups in total. The molecular weight excluding hydrogens is 380 g/mol. The summed E-state index contributed by atoms with van der Waals surface area (Å²) in [7, 11) is 0. The van der Waals surface area contributed by atoms with E-state index in [9.17, 15) is 9.59 Å². The third-order valence-corrected chi connectivity index (χ3v) is 5.05. The molecule has 0 atom stereocenters. The van der Waals surface area contributed by atoms with Gasteiger partial charge in [-0.05, 0) is 34.5 Å². The van der Waals surface area contributed by atoms with Crippen molar-refractivity contribution in [2.75, 3.05) is 4.90 Å². The lowest BCUT2D eigenvalue weighted by molar-refractivity contribution is -0.112. The fourth-order valence-corrected chi connectivity index (χ4v) is 3.63. The van der Waals surface area contributed by atoms with Gasteiger partial charge in [0.1, 0.15) is 0 Å². The fraction of sp³-hybridized carbons (Fsp3) is 0.0417. The molecule has 0 saturated carbocycles. The number of rotatable bonds is 4. The van der Waals surface area contributed by atoms with Crippen LogP contribution in [0.3, 0.4) is 0 Å². The van der Waals surface area contributed by atoms with E-state index in [0.29, 0.717) is 12.1 Å². The monoisotopic (exact) mass is 396 g/mol. The Hall–Kier alpha value is -4.19. The fourth-order valence-electron chi connectivity index (χ4n) is 3.63. The van der Waals surface area contributed by atoms with Crippen molar-refractivity contribution >= 4 is 34.0 Å². The van der Waals surface area contributed by atoms with Crippen LogP contribution in [-0.2, 0) is 16.2 Å². The van der Waals surface area contributed by atoms with Gasteiger partial charge in [-0.25, -0.2) is 4.79 Å². The Labute approximate surface area is 172 Å². The Morgan fingerprint density at radius 3 is 2.60 bits per heavy atom. The SMILES string of the molecule is O=C(ON=C1C(=O)N(Cc2cccc3ccccc23)c2ccccc21)c1ccco1. The lowest BCUT2D eigenvalue weighted by Crippen LogP contribution is -2.30. The number of amides is 1. The van der Waals surface area contributed by atoms with E-state index in [1.807, 2.05) is 60.7 Å². The summed E-state index contributed by atoms with van der Waals surface area (Å²) < 4.78 is 5.01. The molecular formula is C24H16N2O4. The van der Waals surface area contributed by atoms with Gasteiger partial charge in [0.15, 0.2) is 5.71 Å². The van der Waals surface area contributed by atoms with E-state index in [1.165, 1.54) is 12.3 Å². The summed E-state index contributed by atoms with van der Waals surface area (Å²) in [5.74, 6) is -1.06. The Bertz CT molecular complexity index is 1290. The minimum atomic E-state index is -0.759. The molecule has 4 aromatic rings. The maximum absolute atomic E-state index is 13.2. The third kappa shape index (κ3) is 3.04. The Kier molecular flexibility index (Phi) is 4.37. The second-order valence-electron chi connectivity index (χ2n) is 6.84. The van der Waals surface area contributed by atoms with E-state index in [4.69, 9.17) is 9.25 Å². The normalized spacial score (nSPS) is 14.3. The van der Waals surface area contributed by atoms with E-state index in [2.05, 4.69) is 5.16 Å². The molecule has 0 saturated heterocycles. The van der Waals surface area contributed by atoms with E-state index < -0.39 is 5.97 Å². The van der Waals surface area contributed by atoms with Crippen LogP contribution in [0.25, 0.3) is 10.8 Å². The quantitative estimate of drug-likeness (QED) is 0.375. The van der Waals surface area contributed by atoms with E-state index in [1.54, 1.807) is 17.0 Å². The van der Waals surface area contributed by atoms with Gasteiger partial charge in [0.05, 0.1) is 18.5 Å². The minimum Gasteiger partial charge on any atom is -0.457 e. The Morgan fingerprint density at radius 2 is 1.73 bits per heavy atom. The summed E-state index contributed by atoms with van der Waals surface area (Å²) in [6, 6.07) is 24.4. The Morgan fingerprint density at radius 1 is 0.933 bits per heavy atom. The van der Waals surface area contributed by atoms with Crippen molar-refractivity contribution in [3.05, 3.63) is 102 Å². The predicted molar refractivity (Wildman–Crippen MR) is 112 cm³/mol. The van der Waals surface area contributed by atoms with Crippen LogP contribution in [0.15, 0.2) is 94.7 Å². The van der Waals surface area contributed by atoms with Crippen molar-refractivity contribution in [3.63, 3.8) is 0 Å². The first-order valence-corrected chi connectivity index (χ1v) is 9.43. The molecule has 0 fully saturated rings. The van der Waals surface area contributed by atoms with Crippen LogP contribution in [-0.4, -0.2) is 17.6 Å². The van der Waals surface area contributed by atoms with Crippen molar-refractivity contribution in [1.82, 2.24) is 0 Å². The molecule has 6 heteroatoms. The van der Waals surface area contributed by atoms with Crippen LogP contribution < -0.4 is 4.90 Å². The van der Waals surface area contributed by atoms with E-state index in [0.717, 1.165) is 22.0 Å². The van der Waals surface area contributed by atoms with Crippen LogP contribution in [0, 0.1) is 0 Å². The number of para-hydroxylation sites is 1. The van der Waals surface area contributed by atoms with Crippen molar-refractivity contribution in [2.45, 2.75) is 6.54 Å². The van der Waals surface area contributed by atoms with Crippen LogP contribution in [0.5, 0.6) is 0 Å². The van der Waals surface area contributed by atoms with Gasteiger partial charge >= 0.3 is 5.97 Å². The smallest absolute Gasteiger partial charge is 0.400 e. The van der Waals surface area contributed by atoms with Crippen molar-refractivity contribution < 1.29 is 18.8 Å². The number of carbonyl (C=O) groups excluding carboxylic acids is 2. The van der Waals surface area contributed by atoms with Gasteiger partial charge in [-0.1, -0.05) is 65.8 Å². The number of benzene rings is 3. The van der Waals surface area contributed by atoms with Gasteiger partial charge in [-0.2, -0.15) is 0 Å². The molecule has 30 heavy (non-hydrogen) atoms. The summed E-state index contributed by atoms with van der Waals surface area (Å²) in [5, 5.41) is 6.06. The van der Waals surface area contributed by atoms with Crippen molar-refractivity contribution in [3.8, 4) is 0 Å². The first kappa shape index (κ1) is 17.9. The molecule has 1 aliphatic rings. The highest BCUT2D eigenvalue weighted by Gasteiger charge is 2.35. The van der Waals surface area contributed by atoms with Crippen molar-refractivity contribution in [2.24, 2.45) is 5.16 Å². The predicted octanol–water partition coefficient (Wildman–Crippen LogP) is 4.54. The lowest BCUT2D eigenvalue weighted by Gasteiger charge is -2.18. The number of carbonyl (C=O) groups is 2. The highest BCUT2D eigenvalue weighted by Crippen LogP contribution is 2.32. The molecule has 0 unspecified atom stereocenters. The zero-order valence-corrected chi connectivity index (χ0v) is 15.8. The summed E-state index contributed by atoms with van der Waals surface area (Å²) in [5.41, 5.74) is 2.45. The molecule has 0 bridgehead atoms. The Balaban J connectivity index is 1.49. The number of fused-ring (bicyclic) bond motifs is 2. The van der Waals surface area contributed by atoms with E-state index >= 15 is 0 Å². The van der Waals surface area contributed by atoms with Crippen LogP contribution in [0.1, 0.15) is 21.7 Å². The van der Waals surface area contributed by atoms with Gasteiger partial charge in [0.25, 0.3) is 5.91 Å². The topological polar surface area (TPSA) is 72.1 Å². The van der Waals surface area contributed by atoms with E-state index in [-0.39, 0.29) is 17.4 Å². The van der Waals surface area contributed by atoms with Crippen LogP contribution in [0.2, 0.25) is 0 Å². The summed E-state index contributed by atoms with van der Waals surface area (Å²) in [6.07, 6.45) is 1.37. The molecule has 3 aromatic carbocycles. The molecule has 146 valence electrons. The minimum absolute atomic E-state index is 0.0192. The highest BCUT2D eigenvalue weighted by molar-refractivity contribution is 6.54. The molecule has 0 spiro atoms. The highest BCUT2D eigenvalue weighted by atomic mass is 16.7. The number of nitrogens with zero attached hydrogens (tertiary/aromatic N) is 2. The van der Waals surface area contributed by atoms with Crippen LogP contribution in [0.4, 0.5) is 5.69 Å². The third-order valence-electron chi connectivity index (χ3n) is 5.05. The summed E-state index contributed by atoms with van der Waals surface area (Å²) in [6.45, 7) is 0.377. The molecule has 0 radical (unpaired) electrons. The zero-order valence-electron chi connectivity index (χ0n) is 15.8. The largest absolute Gasteiger partial charge is 0.457 e. The molecule has 0 aliphatic carbocycles. The first-order valence-electron chi connectivity index (χ1n) is 9.43. The maximum Gasteiger partial charge on any atom is 0.400 e. The lowest BCUT2D eigenvalue weighted by atomic mass is 10.0. The molecule has 1 amide bonds. The van der Waals surface area contributed by atoms with Gasteiger partial charge in [-0.3, -0.25) is 4.79 Å². The average molecular weight is 396 g/mol. The zero-order chi connectivity index (χ0) is 20.5. The van der Waals surface area contributed by atoms with Gasteiger partial charge in [-0.15, -0.1) is 0 Å². The summed E-state index contributed by atoms with van der Waals surface area (Å²) in [4.78, 5) is 31.9.